The van der Waals surface area contributed by atoms with Crippen LogP contribution in [0.1, 0.15) is 55.3 Å². The van der Waals surface area contributed by atoms with Crippen molar-refractivity contribution in [2.75, 3.05) is 16.8 Å². The van der Waals surface area contributed by atoms with Crippen LogP contribution in [0.5, 0.6) is 0 Å². The van der Waals surface area contributed by atoms with Gasteiger partial charge in [-0.3, -0.25) is 4.79 Å². The minimum atomic E-state index is -3.04. The molecule has 1 heterocycles. The molecule has 1 aromatic rings. The summed E-state index contributed by atoms with van der Waals surface area (Å²) in [5.74, 6) is -0.0493. The first kappa shape index (κ1) is 19.7. The average molecular weight is 394 g/mol. The summed E-state index contributed by atoms with van der Waals surface area (Å²) in [5, 5.41) is 8.44. The Bertz CT molecular complexity index is 786. The Labute approximate surface area is 160 Å². The lowest BCUT2D eigenvalue weighted by Crippen LogP contribution is -2.38. The smallest absolute Gasteiger partial charge is 0.319 e. The van der Waals surface area contributed by atoms with Crippen molar-refractivity contribution in [2.45, 2.75) is 57.0 Å². The molecule has 0 radical (unpaired) electrons. The van der Waals surface area contributed by atoms with Gasteiger partial charge in [-0.1, -0.05) is 31.7 Å². The van der Waals surface area contributed by atoms with Gasteiger partial charge < -0.3 is 16.0 Å². The molecule has 148 valence electrons. The van der Waals surface area contributed by atoms with Crippen molar-refractivity contribution in [3.05, 3.63) is 29.8 Å². The van der Waals surface area contributed by atoms with E-state index in [0.29, 0.717) is 17.7 Å². The van der Waals surface area contributed by atoms with Crippen molar-refractivity contribution < 1.29 is 18.0 Å². The second-order valence-electron chi connectivity index (χ2n) is 7.44. The lowest BCUT2D eigenvalue weighted by molar-refractivity contribution is 0.0933. The van der Waals surface area contributed by atoms with Gasteiger partial charge in [0.1, 0.15) is 0 Å². The molecule has 2 aliphatic rings. The van der Waals surface area contributed by atoms with Crippen LogP contribution in [0.4, 0.5) is 10.5 Å². The normalized spacial score (nSPS) is 22.6. The van der Waals surface area contributed by atoms with Gasteiger partial charge >= 0.3 is 6.03 Å². The quantitative estimate of drug-likeness (QED) is 0.684. The summed E-state index contributed by atoms with van der Waals surface area (Å²) in [6.45, 7) is 0. The zero-order valence-corrected chi connectivity index (χ0v) is 16.2. The van der Waals surface area contributed by atoms with Gasteiger partial charge in [0, 0.05) is 23.3 Å². The highest BCUT2D eigenvalue weighted by Gasteiger charge is 2.28. The van der Waals surface area contributed by atoms with E-state index in [-0.39, 0.29) is 29.5 Å². The van der Waals surface area contributed by atoms with E-state index in [4.69, 9.17) is 0 Å². The third kappa shape index (κ3) is 5.95. The predicted molar refractivity (Wildman–Crippen MR) is 105 cm³/mol. The second kappa shape index (κ2) is 8.73. The van der Waals surface area contributed by atoms with E-state index in [2.05, 4.69) is 16.0 Å². The number of sulfone groups is 1. The molecule has 1 saturated carbocycles. The van der Waals surface area contributed by atoms with E-state index in [0.717, 1.165) is 25.7 Å². The van der Waals surface area contributed by atoms with Crippen LogP contribution in [0.25, 0.3) is 0 Å². The van der Waals surface area contributed by atoms with Crippen molar-refractivity contribution in [3.8, 4) is 0 Å². The average Bonchev–Trinajstić information content (AvgIpc) is 2.81. The number of anilines is 1. The first-order valence-corrected chi connectivity index (χ1v) is 11.4. The fourth-order valence-corrected chi connectivity index (χ4v) is 5.37. The molecule has 0 spiro atoms. The molecule has 2 fully saturated rings. The number of benzene rings is 1. The number of amides is 3. The van der Waals surface area contributed by atoms with Gasteiger partial charge in [0.05, 0.1) is 11.5 Å². The van der Waals surface area contributed by atoms with Crippen molar-refractivity contribution in [2.24, 2.45) is 0 Å². The van der Waals surface area contributed by atoms with Crippen LogP contribution in [0, 0.1) is 0 Å². The Hall–Kier alpha value is -2.09. The van der Waals surface area contributed by atoms with Gasteiger partial charge in [0.25, 0.3) is 5.91 Å². The van der Waals surface area contributed by atoms with Crippen LogP contribution in [-0.2, 0) is 9.84 Å². The van der Waals surface area contributed by atoms with Crippen LogP contribution in [0.15, 0.2) is 24.3 Å². The highest BCUT2D eigenvalue weighted by Crippen LogP contribution is 2.18. The lowest BCUT2D eigenvalue weighted by Gasteiger charge is -2.17. The van der Waals surface area contributed by atoms with Gasteiger partial charge in [-0.2, -0.15) is 0 Å². The summed E-state index contributed by atoms with van der Waals surface area (Å²) in [5.41, 5.74) is 1.00. The summed E-state index contributed by atoms with van der Waals surface area (Å²) >= 11 is 0. The highest BCUT2D eigenvalue weighted by atomic mass is 32.2. The topological polar surface area (TPSA) is 104 Å². The maximum absolute atomic E-state index is 12.5. The fourth-order valence-electron chi connectivity index (χ4n) is 3.69. The second-order valence-corrected chi connectivity index (χ2v) is 9.67. The predicted octanol–water partition coefficient (Wildman–Crippen LogP) is 2.45. The van der Waals surface area contributed by atoms with Crippen LogP contribution in [-0.4, -0.2) is 43.9 Å². The number of nitrogens with one attached hydrogen (secondary N) is 3. The fraction of sp³-hybridized carbons (Fsp3) is 0.579. The van der Waals surface area contributed by atoms with Gasteiger partial charge in [0.15, 0.2) is 9.84 Å². The molecular weight excluding hydrogens is 366 g/mol. The number of carbonyl (C=O) groups excluding carboxylic acids is 2. The maximum atomic E-state index is 12.5. The van der Waals surface area contributed by atoms with E-state index in [1.807, 2.05) is 0 Å². The monoisotopic (exact) mass is 393 g/mol. The van der Waals surface area contributed by atoms with Gasteiger partial charge in [-0.15, -0.1) is 0 Å². The van der Waals surface area contributed by atoms with Crippen LogP contribution in [0.3, 0.4) is 0 Å². The van der Waals surface area contributed by atoms with Crippen LogP contribution in [0.2, 0.25) is 0 Å². The Balaban J connectivity index is 1.54. The molecule has 3 N–H and O–H groups in total. The summed E-state index contributed by atoms with van der Waals surface area (Å²) in [6, 6.07) is 6.17. The molecular formula is C19H27N3O4S. The molecule has 7 nitrogen and oxygen atoms in total. The SMILES string of the molecule is O=C(Nc1cccc(C(=O)NC2CCCCCC2)c1)N[C@@H]1CCS(=O)(=O)C1. The minimum Gasteiger partial charge on any atom is -0.349 e. The van der Waals surface area contributed by atoms with E-state index < -0.39 is 15.9 Å². The van der Waals surface area contributed by atoms with E-state index in [1.165, 1.54) is 12.8 Å². The zero-order chi connectivity index (χ0) is 19.3. The minimum absolute atomic E-state index is 0.0236. The lowest BCUT2D eigenvalue weighted by atomic mass is 10.1. The number of urea groups is 1. The summed E-state index contributed by atoms with van der Waals surface area (Å²) in [7, 11) is -3.04. The number of hydrogen-bond acceptors (Lipinski definition) is 4. The largest absolute Gasteiger partial charge is 0.349 e. The first-order valence-electron chi connectivity index (χ1n) is 9.60. The van der Waals surface area contributed by atoms with Crippen molar-refractivity contribution in [3.63, 3.8) is 0 Å². The van der Waals surface area contributed by atoms with E-state index in [9.17, 15) is 18.0 Å². The molecule has 1 aliphatic carbocycles. The zero-order valence-electron chi connectivity index (χ0n) is 15.4. The number of rotatable bonds is 4. The van der Waals surface area contributed by atoms with Gasteiger partial charge in [-0.05, 0) is 37.5 Å². The maximum Gasteiger partial charge on any atom is 0.319 e. The molecule has 27 heavy (non-hydrogen) atoms. The summed E-state index contributed by atoms with van der Waals surface area (Å²) < 4.78 is 22.9. The molecule has 0 aromatic heterocycles. The highest BCUT2D eigenvalue weighted by molar-refractivity contribution is 7.91. The Morgan fingerprint density at radius 1 is 0.926 bits per heavy atom. The van der Waals surface area contributed by atoms with Crippen LogP contribution >= 0.6 is 0 Å². The van der Waals surface area contributed by atoms with Crippen molar-refractivity contribution in [1.29, 1.82) is 0 Å². The van der Waals surface area contributed by atoms with E-state index >= 15 is 0 Å². The van der Waals surface area contributed by atoms with Crippen LogP contribution < -0.4 is 16.0 Å². The molecule has 0 bridgehead atoms. The van der Waals surface area contributed by atoms with E-state index in [1.54, 1.807) is 24.3 Å². The third-order valence-electron chi connectivity index (χ3n) is 5.14. The molecule has 0 unspecified atom stereocenters. The Morgan fingerprint density at radius 2 is 1.67 bits per heavy atom. The molecule has 3 rings (SSSR count). The molecule has 1 aliphatic heterocycles. The van der Waals surface area contributed by atoms with Crippen molar-refractivity contribution >= 4 is 27.5 Å². The standard InChI is InChI=1S/C19H27N3O4S/c23-18(20-15-7-3-1-2-4-8-15)14-6-5-9-16(12-14)21-19(24)22-17-10-11-27(25,26)13-17/h5-6,9,12,15,17H,1-4,7-8,10-11,13H2,(H,20,23)(H2,21,22,24)/t17-/m1/s1. The third-order valence-corrected chi connectivity index (χ3v) is 6.91. The first-order chi connectivity index (χ1) is 12.9. The summed E-state index contributed by atoms with van der Waals surface area (Å²) in [4.78, 5) is 24.6. The molecule has 3 amide bonds. The Kier molecular flexibility index (Phi) is 6.36. The van der Waals surface area contributed by atoms with Gasteiger partial charge in [-0.25, -0.2) is 13.2 Å². The summed E-state index contributed by atoms with van der Waals surface area (Å²) in [6.07, 6.45) is 7.19. The molecule has 1 atom stereocenters. The van der Waals surface area contributed by atoms with Crippen molar-refractivity contribution in [1.82, 2.24) is 10.6 Å². The Morgan fingerprint density at radius 3 is 2.33 bits per heavy atom. The van der Waals surface area contributed by atoms with Gasteiger partial charge in [0.2, 0.25) is 0 Å². The number of carbonyl (C=O) groups is 2. The molecule has 1 aromatic carbocycles. The molecule has 8 heteroatoms. The number of hydrogen-bond donors (Lipinski definition) is 3. The molecule has 1 saturated heterocycles.